The number of hydrogen-bond donors (Lipinski definition) is 2. The van der Waals surface area contributed by atoms with Crippen LogP contribution in [0.3, 0.4) is 0 Å². The molecule has 0 aromatic heterocycles. The van der Waals surface area contributed by atoms with Gasteiger partial charge in [-0.3, -0.25) is 0 Å². The highest BCUT2D eigenvalue weighted by Crippen LogP contribution is 2.20. The molecule has 0 aliphatic heterocycles. The minimum absolute atomic E-state index is 0.0892. The Morgan fingerprint density at radius 2 is 1.89 bits per heavy atom. The molecule has 0 spiro atoms. The molecule has 0 heterocycles. The summed E-state index contributed by atoms with van der Waals surface area (Å²) in [6.45, 7) is 2.01. The van der Waals surface area contributed by atoms with Gasteiger partial charge in [-0.1, -0.05) is 41.6 Å². The first-order valence-electron chi connectivity index (χ1n) is 6.99. The highest BCUT2D eigenvalue weighted by atomic mass is 79.9. The number of carbonyl (C=O) groups excluding carboxylic acids is 1. The molecule has 3 nitrogen and oxygen atoms in total. The molecule has 1 aromatic carbocycles. The molecule has 2 N–H and O–H groups in total. The predicted molar refractivity (Wildman–Crippen MR) is 82.5 cm³/mol. The SMILES string of the molecule is Cc1cc(NC(=O)NC2CCCCCC2)ccc1Br. The maximum Gasteiger partial charge on any atom is 0.319 e. The van der Waals surface area contributed by atoms with E-state index in [0.717, 1.165) is 28.6 Å². The van der Waals surface area contributed by atoms with Gasteiger partial charge in [0.05, 0.1) is 0 Å². The highest BCUT2D eigenvalue weighted by Gasteiger charge is 2.14. The molecule has 2 amide bonds. The lowest BCUT2D eigenvalue weighted by Crippen LogP contribution is -2.37. The van der Waals surface area contributed by atoms with E-state index >= 15 is 0 Å². The minimum Gasteiger partial charge on any atom is -0.335 e. The lowest BCUT2D eigenvalue weighted by atomic mass is 10.1. The van der Waals surface area contributed by atoms with Gasteiger partial charge in [0.1, 0.15) is 0 Å². The molecule has 0 unspecified atom stereocenters. The molecular formula is C15H21BrN2O. The molecule has 0 atom stereocenters. The van der Waals surface area contributed by atoms with Crippen LogP contribution < -0.4 is 10.6 Å². The van der Waals surface area contributed by atoms with Crippen molar-refractivity contribution in [1.82, 2.24) is 5.32 Å². The van der Waals surface area contributed by atoms with Crippen molar-refractivity contribution in [3.05, 3.63) is 28.2 Å². The van der Waals surface area contributed by atoms with Crippen molar-refractivity contribution in [2.45, 2.75) is 51.5 Å². The molecule has 19 heavy (non-hydrogen) atoms. The van der Waals surface area contributed by atoms with Gasteiger partial charge in [-0.2, -0.15) is 0 Å². The second-order valence-corrected chi connectivity index (χ2v) is 6.11. The van der Waals surface area contributed by atoms with Crippen LogP contribution in [0.4, 0.5) is 10.5 Å². The number of anilines is 1. The molecule has 0 saturated heterocycles. The average Bonchev–Trinajstić information content (AvgIpc) is 2.62. The van der Waals surface area contributed by atoms with Crippen molar-refractivity contribution < 1.29 is 4.79 Å². The van der Waals surface area contributed by atoms with Crippen LogP contribution in [0.2, 0.25) is 0 Å². The molecule has 4 heteroatoms. The number of carbonyl (C=O) groups is 1. The van der Waals surface area contributed by atoms with Gasteiger partial charge in [0, 0.05) is 16.2 Å². The standard InChI is InChI=1S/C15H21BrN2O/c1-11-10-13(8-9-14(11)16)18-15(19)17-12-6-4-2-3-5-7-12/h8-10,12H,2-7H2,1H3,(H2,17,18,19). The minimum atomic E-state index is -0.0892. The molecule has 104 valence electrons. The van der Waals surface area contributed by atoms with Crippen LogP contribution in [0.1, 0.15) is 44.1 Å². The Hall–Kier alpha value is -1.03. The van der Waals surface area contributed by atoms with Crippen molar-refractivity contribution in [3.63, 3.8) is 0 Å². The van der Waals surface area contributed by atoms with Crippen LogP contribution in [0, 0.1) is 6.92 Å². The predicted octanol–water partition coefficient (Wildman–Crippen LogP) is 4.60. The molecule has 1 fully saturated rings. The van der Waals surface area contributed by atoms with Crippen LogP contribution in [0.5, 0.6) is 0 Å². The Bertz CT molecular complexity index is 440. The maximum atomic E-state index is 12.0. The van der Waals surface area contributed by atoms with Gasteiger partial charge < -0.3 is 10.6 Å². The summed E-state index contributed by atoms with van der Waals surface area (Å²) in [6, 6.07) is 6.07. The number of urea groups is 1. The van der Waals surface area contributed by atoms with Crippen molar-refractivity contribution >= 4 is 27.6 Å². The Labute approximate surface area is 123 Å². The second kappa shape index (κ2) is 6.94. The van der Waals surface area contributed by atoms with Gasteiger partial charge in [-0.05, 0) is 43.5 Å². The van der Waals surface area contributed by atoms with Crippen molar-refractivity contribution in [1.29, 1.82) is 0 Å². The number of aryl methyl sites for hydroxylation is 1. The third kappa shape index (κ3) is 4.53. The molecule has 0 radical (unpaired) electrons. The topological polar surface area (TPSA) is 41.1 Å². The van der Waals surface area contributed by atoms with E-state index in [1.807, 2.05) is 25.1 Å². The second-order valence-electron chi connectivity index (χ2n) is 5.25. The third-order valence-electron chi connectivity index (χ3n) is 3.61. The highest BCUT2D eigenvalue weighted by molar-refractivity contribution is 9.10. The zero-order valence-corrected chi connectivity index (χ0v) is 12.9. The molecule has 1 aliphatic rings. The van der Waals surface area contributed by atoms with Gasteiger partial charge in [0.15, 0.2) is 0 Å². The largest absolute Gasteiger partial charge is 0.335 e. The number of hydrogen-bond acceptors (Lipinski definition) is 1. The summed E-state index contributed by atoms with van der Waals surface area (Å²) in [5.41, 5.74) is 1.96. The van der Waals surface area contributed by atoms with E-state index in [2.05, 4.69) is 26.6 Å². The van der Waals surface area contributed by atoms with E-state index in [-0.39, 0.29) is 6.03 Å². The monoisotopic (exact) mass is 324 g/mol. The van der Waals surface area contributed by atoms with E-state index < -0.39 is 0 Å². The zero-order valence-electron chi connectivity index (χ0n) is 11.3. The molecule has 2 rings (SSSR count). The Morgan fingerprint density at radius 1 is 1.21 bits per heavy atom. The zero-order chi connectivity index (χ0) is 13.7. The molecule has 1 aromatic rings. The lowest BCUT2D eigenvalue weighted by molar-refractivity contribution is 0.247. The first kappa shape index (κ1) is 14.4. The summed E-state index contributed by atoms with van der Waals surface area (Å²) in [5, 5.41) is 5.99. The summed E-state index contributed by atoms with van der Waals surface area (Å²) in [5.74, 6) is 0. The summed E-state index contributed by atoms with van der Waals surface area (Å²) in [6.07, 6.45) is 7.25. The third-order valence-corrected chi connectivity index (χ3v) is 4.50. The van der Waals surface area contributed by atoms with Crippen LogP contribution in [-0.4, -0.2) is 12.1 Å². The Kier molecular flexibility index (Phi) is 5.25. The average molecular weight is 325 g/mol. The maximum absolute atomic E-state index is 12.0. The molecular weight excluding hydrogens is 304 g/mol. The molecule has 1 aliphatic carbocycles. The normalized spacial score (nSPS) is 16.7. The van der Waals surface area contributed by atoms with Crippen LogP contribution in [-0.2, 0) is 0 Å². The smallest absolute Gasteiger partial charge is 0.319 e. The fourth-order valence-electron chi connectivity index (χ4n) is 2.50. The first-order chi connectivity index (χ1) is 9.15. The number of halogens is 1. The van der Waals surface area contributed by atoms with E-state index in [4.69, 9.17) is 0 Å². The lowest BCUT2D eigenvalue weighted by Gasteiger charge is -2.17. The van der Waals surface area contributed by atoms with Crippen LogP contribution in [0.15, 0.2) is 22.7 Å². The van der Waals surface area contributed by atoms with Gasteiger partial charge >= 0.3 is 6.03 Å². The molecule has 1 saturated carbocycles. The Morgan fingerprint density at radius 3 is 2.53 bits per heavy atom. The van der Waals surface area contributed by atoms with E-state index in [0.29, 0.717) is 6.04 Å². The van der Waals surface area contributed by atoms with Gasteiger partial charge in [0.2, 0.25) is 0 Å². The summed E-state index contributed by atoms with van der Waals surface area (Å²) in [7, 11) is 0. The number of nitrogens with one attached hydrogen (secondary N) is 2. The summed E-state index contributed by atoms with van der Waals surface area (Å²) in [4.78, 5) is 12.0. The fraction of sp³-hybridized carbons (Fsp3) is 0.533. The Balaban J connectivity index is 1.87. The number of rotatable bonds is 2. The quantitative estimate of drug-likeness (QED) is 0.767. The van der Waals surface area contributed by atoms with E-state index in [9.17, 15) is 4.79 Å². The van der Waals surface area contributed by atoms with E-state index in [1.165, 1.54) is 25.7 Å². The summed E-state index contributed by atoms with van der Waals surface area (Å²) >= 11 is 3.46. The van der Waals surface area contributed by atoms with Gasteiger partial charge in [-0.25, -0.2) is 4.79 Å². The van der Waals surface area contributed by atoms with Crippen molar-refractivity contribution in [2.75, 3.05) is 5.32 Å². The molecule has 0 bridgehead atoms. The van der Waals surface area contributed by atoms with E-state index in [1.54, 1.807) is 0 Å². The van der Waals surface area contributed by atoms with Crippen molar-refractivity contribution in [3.8, 4) is 0 Å². The van der Waals surface area contributed by atoms with Crippen LogP contribution in [0.25, 0.3) is 0 Å². The number of benzene rings is 1. The number of amides is 2. The fourth-order valence-corrected chi connectivity index (χ4v) is 2.75. The first-order valence-corrected chi connectivity index (χ1v) is 7.78. The van der Waals surface area contributed by atoms with Crippen LogP contribution >= 0.6 is 15.9 Å². The van der Waals surface area contributed by atoms with Gasteiger partial charge in [0.25, 0.3) is 0 Å². The van der Waals surface area contributed by atoms with Gasteiger partial charge in [-0.15, -0.1) is 0 Å². The van der Waals surface area contributed by atoms with Crippen molar-refractivity contribution in [2.24, 2.45) is 0 Å². The summed E-state index contributed by atoms with van der Waals surface area (Å²) < 4.78 is 1.06.